The minimum absolute atomic E-state index is 0.365. The first-order chi connectivity index (χ1) is 20.3. The largest absolute Gasteiger partial charge is 0.481 e. The molecule has 6 rings (SSSR count). The van der Waals surface area contributed by atoms with E-state index in [0.29, 0.717) is 47.7 Å². The quantitative estimate of drug-likeness (QED) is 0.256. The van der Waals surface area contributed by atoms with Crippen molar-refractivity contribution in [2.75, 3.05) is 40.6 Å². The fourth-order valence-corrected chi connectivity index (χ4v) is 7.49. The zero-order valence-corrected chi connectivity index (χ0v) is 25.5. The van der Waals surface area contributed by atoms with E-state index in [1.807, 2.05) is 31.2 Å². The summed E-state index contributed by atoms with van der Waals surface area (Å²) in [4.78, 5) is 24.1. The highest BCUT2D eigenvalue weighted by Gasteiger charge is 2.32. The first-order valence-electron chi connectivity index (χ1n) is 13.4. The average Bonchev–Trinajstić information content (AvgIpc) is 3.73. The van der Waals surface area contributed by atoms with Crippen LogP contribution in [-0.4, -0.2) is 77.2 Å². The lowest BCUT2D eigenvalue weighted by Gasteiger charge is -2.16. The third-order valence-electron chi connectivity index (χ3n) is 7.20. The van der Waals surface area contributed by atoms with Gasteiger partial charge in [-0.1, -0.05) is 22.7 Å². The molecule has 0 radical (unpaired) electrons. The Bertz CT molecular complexity index is 1500. The lowest BCUT2D eigenvalue weighted by molar-refractivity contribution is 0.0700. The van der Waals surface area contributed by atoms with Crippen LogP contribution in [0.1, 0.15) is 41.6 Å². The SMILES string of the molecule is COCCOc1sc(C(=O)O)c2c1-c1c(cnn1C)CC2.COCCOc1sc(C(N)=O)c2c1-c1c(cnn1C)CC2. The molecule has 42 heavy (non-hydrogen) atoms. The Morgan fingerprint density at radius 2 is 1.26 bits per heavy atom. The maximum absolute atomic E-state index is 11.7. The molecule has 4 aromatic rings. The molecule has 0 unspecified atom stereocenters. The number of carbonyl (C=O) groups excluding carboxylic acids is 1. The molecular weight excluding hydrogens is 582 g/mol. The van der Waals surface area contributed by atoms with Crippen molar-refractivity contribution in [3.05, 3.63) is 44.4 Å². The van der Waals surface area contributed by atoms with Crippen molar-refractivity contribution >= 4 is 34.6 Å². The molecule has 14 heteroatoms. The average molecular weight is 616 g/mol. The van der Waals surface area contributed by atoms with Gasteiger partial charge in [0, 0.05) is 28.3 Å². The summed E-state index contributed by atoms with van der Waals surface area (Å²) < 4.78 is 25.2. The highest BCUT2D eigenvalue weighted by Crippen LogP contribution is 2.48. The first-order valence-corrected chi connectivity index (χ1v) is 15.0. The molecule has 2 aliphatic carbocycles. The molecule has 0 aromatic carbocycles. The van der Waals surface area contributed by atoms with Gasteiger partial charge in [0.15, 0.2) is 10.1 Å². The lowest BCUT2D eigenvalue weighted by Crippen LogP contribution is -2.14. The van der Waals surface area contributed by atoms with Crippen molar-refractivity contribution in [3.63, 3.8) is 0 Å². The van der Waals surface area contributed by atoms with Crippen molar-refractivity contribution in [1.82, 2.24) is 19.6 Å². The standard InChI is InChI=1S/C14H17N3O3S.C14H16N2O4S/c1-17-11-8(7-16-17)3-4-9-10(11)14(20-6-5-19-2)21-12(9)13(15)18;1-16-11-8(7-15-16)3-4-9-10(11)14(20-6-5-19-2)21-12(9)13(17)18/h7H,3-6H2,1-2H3,(H2,15,18);7H,3-6H2,1-2H3,(H,17,18). The van der Waals surface area contributed by atoms with Crippen molar-refractivity contribution in [2.45, 2.75) is 25.7 Å². The maximum atomic E-state index is 11.7. The molecule has 4 aromatic heterocycles. The van der Waals surface area contributed by atoms with Crippen LogP contribution >= 0.6 is 22.7 Å². The number of nitrogens with zero attached hydrogens (tertiary/aromatic N) is 4. The Morgan fingerprint density at radius 3 is 1.69 bits per heavy atom. The molecular formula is C28H33N5O7S2. The van der Waals surface area contributed by atoms with Crippen LogP contribution < -0.4 is 15.2 Å². The summed E-state index contributed by atoms with van der Waals surface area (Å²) in [6, 6.07) is 0. The number of rotatable bonds is 10. The van der Waals surface area contributed by atoms with Gasteiger partial charge in [0.05, 0.1) is 53.0 Å². The normalized spacial score (nSPS) is 12.9. The van der Waals surface area contributed by atoms with E-state index in [0.717, 1.165) is 63.5 Å². The van der Waals surface area contributed by atoms with Gasteiger partial charge in [0.25, 0.3) is 5.91 Å². The van der Waals surface area contributed by atoms with Crippen LogP contribution in [0, 0.1) is 0 Å². The molecule has 0 saturated heterocycles. The van der Waals surface area contributed by atoms with E-state index in [-0.39, 0.29) is 0 Å². The molecule has 1 amide bonds. The van der Waals surface area contributed by atoms with E-state index in [1.165, 1.54) is 28.2 Å². The topological polar surface area (TPSA) is 153 Å². The molecule has 0 spiro atoms. The zero-order chi connectivity index (χ0) is 30.0. The van der Waals surface area contributed by atoms with Gasteiger partial charge in [-0.2, -0.15) is 10.2 Å². The Hall–Kier alpha value is -3.72. The molecule has 224 valence electrons. The van der Waals surface area contributed by atoms with Crippen LogP contribution in [0.3, 0.4) is 0 Å². The van der Waals surface area contributed by atoms with Gasteiger partial charge in [-0.3, -0.25) is 14.2 Å². The van der Waals surface area contributed by atoms with E-state index in [4.69, 9.17) is 24.7 Å². The Kier molecular flexibility index (Phi) is 8.96. The Morgan fingerprint density at radius 1 is 0.810 bits per heavy atom. The molecule has 0 atom stereocenters. The van der Waals surface area contributed by atoms with Crippen LogP contribution in [0.25, 0.3) is 22.5 Å². The summed E-state index contributed by atoms with van der Waals surface area (Å²) in [6.45, 7) is 1.80. The molecule has 0 saturated carbocycles. The van der Waals surface area contributed by atoms with Gasteiger partial charge in [0.1, 0.15) is 18.1 Å². The van der Waals surface area contributed by atoms with Crippen molar-refractivity contribution < 1.29 is 33.6 Å². The summed E-state index contributed by atoms with van der Waals surface area (Å²) in [5, 5.41) is 19.4. The van der Waals surface area contributed by atoms with Gasteiger partial charge in [-0.15, -0.1) is 0 Å². The van der Waals surface area contributed by atoms with Crippen LogP contribution in [0.4, 0.5) is 0 Å². The number of primary amides is 1. The van der Waals surface area contributed by atoms with E-state index in [9.17, 15) is 14.7 Å². The van der Waals surface area contributed by atoms with Crippen molar-refractivity contribution in [2.24, 2.45) is 19.8 Å². The molecule has 4 heterocycles. The predicted octanol–water partition coefficient (Wildman–Crippen LogP) is 3.34. The van der Waals surface area contributed by atoms with E-state index >= 15 is 0 Å². The summed E-state index contributed by atoms with van der Waals surface area (Å²) in [5.74, 6) is -1.30. The van der Waals surface area contributed by atoms with Gasteiger partial charge in [0.2, 0.25) is 0 Å². The number of thiophene rings is 2. The zero-order valence-electron chi connectivity index (χ0n) is 23.9. The number of amides is 1. The number of carboxylic acid groups (broad SMARTS) is 1. The molecule has 3 N–H and O–H groups in total. The van der Waals surface area contributed by atoms with E-state index in [1.54, 1.807) is 18.9 Å². The van der Waals surface area contributed by atoms with E-state index < -0.39 is 11.9 Å². The molecule has 2 aliphatic rings. The number of carboxylic acids is 1. The molecule has 0 aliphatic heterocycles. The summed E-state index contributed by atoms with van der Waals surface area (Å²) in [5.41, 5.74) is 13.5. The van der Waals surface area contributed by atoms with Crippen molar-refractivity contribution in [1.29, 1.82) is 0 Å². The van der Waals surface area contributed by atoms with E-state index in [2.05, 4.69) is 10.2 Å². The van der Waals surface area contributed by atoms with Crippen LogP contribution in [0.15, 0.2) is 12.4 Å². The second kappa shape index (κ2) is 12.7. The monoisotopic (exact) mass is 615 g/mol. The molecule has 0 fully saturated rings. The number of hydrogen-bond donors (Lipinski definition) is 2. The van der Waals surface area contributed by atoms with Crippen LogP contribution in [0.2, 0.25) is 0 Å². The number of aromatic nitrogens is 4. The number of ether oxygens (including phenoxy) is 4. The second-order valence-corrected chi connectivity index (χ2v) is 11.7. The second-order valence-electron chi connectivity index (χ2n) is 9.78. The molecule has 0 bridgehead atoms. The van der Waals surface area contributed by atoms with Crippen LogP contribution in [-0.2, 0) is 49.3 Å². The first kappa shape index (κ1) is 29.8. The Labute approximate surface area is 250 Å². The maximum Gasteiger partial charge on any atom is 0.346 e. The fraction of sp³-hybridized carbons (Fsp3) is 0.429. The predicted molar refractivity (Wildman–Crippen MR) is 158 cm³/mol. The van der Waals surface area contributed by atoms with Gasteiger partial charge in [-0.25, -0.2) is 4.79 Å². The van der Waals surface area contributed by atoms with Gasteiger partial charge < -0.3 is 29.8 Å². The summed E-state index contributed by atoms with van der Waals surface area (Å²) >= 11 is 2.51. The number of aryl methyl sites for hydroxylation is 4. The van der Waals surface area contributed by atoms with Crippen molar-refractivity contribution in [3.8, 4) is 32.6 Å². The summed E-state index contributed by atoms with van der Waals surface area (Å²) in [7, 11) is 7.00. The number of hydrogen-bond acceptors (Lipinski definition) is 10. The number of nitrogens with two attached hydrogens (primary N) is 1. The third-order valence-corrected chi connectivity index (χ3v) is 9.49. The highest BCUT2D eigenvalue weighted by atomic mass is 32.1. The highest BCUT2D eigenvalue weighted by molar-refractivity contribution is 7.17. The number of methoxy groups -OCH3 is 2. The Balaban J connectivity index is 0.000000168. The number of aromatic carboxylic acids is 1. The van der Waals surface area contributed by atoms with Crippen LogP contribution in [0.5, 0.6) is 10.1 Å². The summed E-state index contributed by atoms with van der Waals surface area (Å²) in [6.07, 6.45) is 6.89. The fourth-order valence-electron chi connectivity index (χ4n) is 5.35. The minimum Gasteiger partial charge on any atom is -0.481 e. The lowest BCUT2D eigenvalue weighted by atomic mass is 9.91. The number of carbonyl (C=O) groups is 2. The van der Waals surface area contributed by atoms with Gasteiger partial charge >= 0.3 is 5.97 Å². The molecule has 12 nitrogen and oxygen atoms in total. The van der Waals surface area contributed by atoms with Gasteiger partial charge in [-0.05, 0) is 47.9 Å². The number of fused-ring (bicyclic) bond motifs is 6. The third kappa shape index (κ3) is 5.54. The smallest absolute Gasteiger partial charge is 0.346 e. The minimum atomic E-state index is -0.900.